The van der Waals surface area contributed by atoms with E-state index in [0.717, 1.165) is 13.1 Å². The third-order valence-corrected chi connectivity index (χ3v) is 2.84. The predicted octanol–water partition coefficient (Wildman–Crippen LogP) is -1.18. The van der Waals surface area contributed by atoms with Gasteiger partial charge < -0.3 is 20.1 Å². The number of amides is 1. The molecular weight excluding hydrogens is 250 g/mol. The Morgan fingerprint density at radius 1 is 1.53 bits per heavy atom. The highest BCUT2D eigenvalue weighted by Crippen LogP contribution is 2.09. The quantitative estimate of drug-likeness (QED) is 0.577. The van der Waals surface area contributed by atoms with Crippen molar-refractivity contribution in [1.29, 1.82) is 0 Å². The first-order chi connectivity index (χ1) is 9.31. The zero-order valence-corrected chi connectivity index (χ0v) is 11.0. The number of nitrogens with zero attached hydrogens (tertiary/aromatic N) is 3. The van der Waals surface area contributed by atoms with Crippen LogP contribution in [0.3, 0.4) is 0 Å². The van der Waals surface area contributed by atoms with E-state index >= 15 is 0 Å². The second-order valence-corrected chi connectivity index (χ2v) is 4.26. The molecule has 1 aliphatic heterocycles. The minimum absolute atomic E-state index is 0.228. The van der Waals surface area contributed by atoms with Gasteiger partial charge in [0.15, 0.2) is 5.69 Å². The molecule has 0 radical (unpaired) electrons. The summed E-state index contributed by atoms with van der Waals surface area (Å²) in [5.74, 6) is -0.228. The molecule has 0 aromatic carbocycles. The normalized spacial score (nSPS) is 15.2. The maximum atomic E-state index is 11.8. The Hall–Kier alpha value is -1.51. The Balaban J connectivity index is 1.66. The number of carbonyl (C=O) groups is 1. The number of rotatable bonds is 8. The largest absolute Gasteiger partial charge is 0.382 e. The lowest BCUT2D eigenvalue weighted by molar-refractivity contribution is 0.0692. The van der Waals surface area contributed by atoms with Gasteiger partial charge in [-0.25, -0.2) is 4.68 Å². The van der Waals surface area contributed by atoms with Crippen LogP contribution in [0, 0.1) is 0 Å². The molecule has 1 aromatic heterocycles. The molecule has 0 spiro atoms. The average molecular weight is 269 g/mol. The second kappa shape index (κ2) is 7.17. The van der Waals surface area contributed by atoms with Crippen molar-refractivity contribution in [2.75, 3.05) is 46.6 Å². The van der Waals surface area contributed by atoms with Crippen LogP contribution in [-0.2, 0) is 9.47 Å². The van der Waals surface area contributed by atoms with E-state index in [1.54, 1.807) is 18.0 Å². The van der Waals surface area contributed by atoms with Crippen molar-refractivity contribution in [3.63, 3.8) is 0 Å². The van der Waals surface area contributed by atoms with Crippen molar-refractivity contribution >= 4 is 5.91 Å². The van der Waals surface area contributed by atoms with Crippen LogP contribution >= 0.6 is 0 Å². The van der Waals surface area contributed by atoms with Gasteiger partial charge in [0.1, 0.15) is 0 Å². The summed E-state index contributed by atoms with van der Waals surface area (Å²) >= 11 is 0. The Morgan fingerprint density at radius 2 is 2.37 bits per heavy atom. The molecule has 1 amide bonds. The number of hydrogen-bond acceptors (Lipinski definition) is 6. The maximum Gasteiger partial charge on any atom is 0.273 e. The Kier molecular flexibility index (Phi) is 5.25. The first-order valence-corrected chi connectivity index (χ1v) is 6.28. The fourth-order valence-corrected chi connectivity index (χ4v) is 1.59. The van der Waals surface area contributed by atoms with Gasteiger partial charge in [-0.2, -0.15) is 0 Å². The smallest absolute Gasteiger partial charge is 0.273 e. The molecule has 1 aliphatic rings. The number of hydrogen-bond donors (Lipinski definition) is 2. The molecule has 8 nitrogen and oxygen atoms in total. The molecule has 2 rings (SSSR count). The standard InChI is InChI=1S/C11H19N5O3/c1-18-4-5-19-3-2-13-11(17)10-8-16(15-14-10)9-6-12-7-9/h8-9,12H,2-7H2,1H3,(H,13,17). The first kappa shape index (κ1) is 13.9. The van der Waals surface area contributed by atoms with E-state index in [9.17, 15) is 4.79 Å². The maximum absolute atomic E-state index is 11.8. The van der Waals surface area contributed by atoms with Gasteiger partial charge in [0.05, 0.1) is 32.1 Å². The van der Waals surface area contributed by atoms with Crippen molar-refractivity contribution in [3.05, 3.63) is 11.9 Å². The molecular formula is C11H19N5O3. The summed E-state index contributed by atoms with van der Waals surface area (Å²) in [4.78, 5) is 11.8. The van der Waals surface area contributed by atoms with Gasteiger partial charge >= 0.3 is 0 Å². The van der Waals surface area contributed by atoms with Crippen LogP contribution in [0.4, 0.5) is 0 Å². The molecule has 0 bridgehead atoms. The van der Waals surface area contributed by atoms with E-state index in [1.807, 2.05) is 0 Å². The van der Waals surface area contributed by atoms with E-state index in [0.29, 0.717) is 38.1 Å². The van der Waals surface area contributed by atoms with Gasteiger partial charge in [0.25, 0.3) is 5.91 Å². The minimum Gasteiger partial charge on any atom is -0.382 e. The SMILES string of the molecule is COCCOCCNC(=O)c1cn(C2CNC2)nn1. The number of ether oxygens (including phenoxy) is 2. The van der Waals surface area contributed by atoms with Gasteiger partial charge in [-0.15, -0.1) is 5.10 Å². The van der Waals surface area contributed by atoms with Crippen molar-refractivity contribution in [2.45, 2.75) is 6.04 Å². The van der Waals surface area contributed by atoms with Crippen molar-refractivity contribution in [2.24, 2.45) is 0 Å². The molecule has 0 atom stereocenters. The molecule has 106 valence electrons. The average Bonchev–Trinajstić information content (AvgIpc) is 2.80. The number of aromatic nitrogens is 3. The lowest BCUT2D eigenvalue weighted by atomic mass is 10.2. The molecule has 1 aromatic rings. The van der Waals surface area contributed by atoms with Crippen molar-refractivity contribution < 1.29 is 14.3 Å². The summed E-state index contributed by atoms with van der Waals surface area (Å²) < 4.78 is 11.8. The molecule has 8 heteroatoms. The highest BCUT2D eigenvalue weighted by atomic mass is 16.5. The Labute approximate surface area is 111 Å². The van der Waals surface area contributed by atoms with Gasteiger partial charge in [-0.05, 0) is 0 Å². The molecule has 0 aliphatic carbocycles. The second-order valence-electron chi connectivity index (χ2n) is 4.26. The third-order valence-electron chi connectivity index (χ3n) is 2.84. The van der Waals surface area contributed by atoms with E-state index in [4.69, 9.17) is 9.47 Å². The summed E-state index contributed by atoms with van der Waals surface area (Å²) in [5.41, 5.74) is 0.337. The molecule has 19 heavy (non-hydrogen) atoms. The zero-order valence-electron chi connectivity index (χ0n) is 11.0. The lowest BCUT2D eigenvalue weighted by Gasteiger charge is -2.26. The lowest BCUT2D eigenvalue weighted by Crippen LogP contribution is -2.43. The zero-order chi connectivity index (χ0) is 13.5. The van der Waals surface area contributed by atoms with Gasteiger partial charge in [-0.1, -0.05) is 5.21 Å². The topological polar surface area (TPSA) is 90.3 Å². The molecule has 2 N–H and O–H groups in total. The van der Waals surface area contributed by atoms with Crippen molar-refractivity contribution in [1.82, 2.24) is 25.6 Å². The summed E-state index contributed by atoms with van der Waals surface area (Å²) in [6.45, 7) is 3.72. The Bertz CT molecular complexity index is 405. The summed E-state index contributed by atoms with van der Waals surface area (Å²) in [7, 11) is 1.62. The van der Waals surface area contributed by atoms with Gasteiger partial charge in [0, 0.05) is 26.7 Å². The molecule has 1 fully saturated rings. The number of nitrogens with one attached hydrogen (secondary N) is 2. The highest BCUT2D eigenvalue weighted by molar-refractivity contribution is 5.91. The van der Waals surface area contributed by atoms with E-state index in [2.05, 4.69) is 20.9 Å². The Morgan fingerprint density at radius 3 is 3.05 bits per heavy atom. The van der Waals surface area contributed by atoms with Crippen LogP contribution in [0.25, 0.3) is 0 Å². The first-order valence-electron chi connectivity index (χ1n) is 6.28. The third kappa shape index (κ3) is 3.98. The fraction of sp³-hybridized carbons (Fsp3) is 0.727. The van der Waals surface area contributed by atoms with E-state index in [1.165, 1.54) is 0 Å². The highest BCUT2D eigenvalue weighted by Gasteiger charge is 2.21. The van der Waals surface area contributed by atoms with Crippen LogP contribution in [0.2, 0.25) is 0 Å². The number of carbonyl (C=O) groups excluding carboxylic acids is 1. The van der Waals surface area contributed by atoms with Crippen LogP contribution < -0.4 is 10.6 Å². The summed E-state index contributed by atoms with van der Waals surface area (Å²) in [5, 5.41) is 13.7. The minimum atomic E-state index is -0.228. The van der Waals surface area contributed by atoms with E-state index in [-0.39, 0.29) is 5.91 Å². The van der Waals surface area contributed by atoms with Gasteiger partial charge in [-0.3, -0.25) is 4.79 Å². The summed E-state index contributed by atoms with van der Waals surface area (Å²) in [6.07, 6.45) is 1.67. The molecule has 1 saturated heterocycles. The molecule has 0 saturated carbocycles. The predicted molar refractivity (Wildman–Crippen MR) is 67.0 cm³/mol. The van der Waals surface area contributed by atoms with Crippen LogP contribution in [-0.4, -0.2) is 67.5 Å². The van der Waals surface area contributed by atoms with Crippen LogP contribution in [0.1, 0.15) is 16.5 Å². The van der Waals surface area contributed by atoms with Gasteiger partial charge in [0.2, 0.25) is 0 Å². The molecule has 2 heterocycles. The monoisotopic (exact) mass is 269 g/mol. The summed E-state index contributed by atoms with van der Waals surface area (Å²) in [6, 6.07) is 0.312. The van der Waals surface area contributed by atoms with Crippen molar-refractivity contribution in [3.8, 4) is 0 Å². The molecule has 0 unspecified atom stereocenters. The van der Waals surface area contributed by atoms with Crippen LogP contribution in [0.5, 0.6) is 0 Å². The number of methoxy groups -OCH3 is 1. The van der Waals surface area contributed by atoms with E-state index < -0.39 is 0 Å². The fourth-order valence-electron chi connectivity index (χ4n) is 1.59. The van der Waals surface area contributed by atoms with Crippen LogP contribution in [0.15, 0.2) is 6.20 Å².